The highest BCUT2D eigenvalue weighted by Crippen LogP contribution is 2.30. The van der Waals surface area contributed by atoms with Crippen molar-refractivity contribution in [2.45, 2.75) is 6.54 Å². The lowest BCUT2D eigenvalue weighted by molar-refractivity contribution is 0.295. The predicted molar refractivity (Wildman–Crippen MR) is 108 cm³/mol. The topological polar surface area (TPSA) is 53.4 Å². The van der Waals surface area contributed by atoms with Crippen LogP contribution in [0.25, 0.3) is 20.7 Å². The number of rotatable bonds is 6. The number of fused-ring (bicyclic) bond motifs is 1. The van der Waals surface area contributed by atoms with E-state index in [1.165, 1.54) is 34.4 Å². The van der Waals surface area contributed by atoms with E-state index >= 15 is 0 Å². The molecule has 2 aromatic heterocycles. The monoisotopic (exact) mass is 396 g/mol. The zero-order valence-electron chi connectivity index (χ0n) is 15.1. The molecule has 7 heteroatoms. The Morgan fingerprint density at radius 3 is 2.50 bits per heavy atom. The molecule has 4 rings (SSSR count). The molecular formula is C21H17FN2O3S. The van der Waals surface area contributed by atoms with Crippen LogP contribution in [0.2, 0.25) is 0 Å². The maximum absolute atomic E-state index is 13.1. The number of ether oxygens (including phenoxy) is 2. The average molecular weight is 396 g/mol. The lowest BCUT2D eigenvalue weighted by atomic mass is 10.2. The Bertz CT molecular complexity index is 1150. The molecule has 0 bridgehead atoms. The lowest BCUT2D eigenvalue weighted by Crippen LogP contribution is -2.22. The van der Waals surface area contributed by atoms with Gasteiger partial charge < -0.3 is 9.47 Å². The molecule has 5 nitrogen and oxygen atoms in total. The first-order valence-corrected chi connectivity index (χ1v) is 9.47. The van der Waals surface area contributed by atoms with Crippen LogP contribution in [0.1, 0.15) is 0 Å². The molecule has 142 valence electrons. The normalized spacial score (nSPS) is 10.9. The molecule has 0 amide bonds. The van der Waals surface area contributed by atoms with Gasteiger partial charge in [0.15, 0.2) is 0 Å². The van der Waals surface area contributed by atoms with E-state index in [9.17, 15) is 9.18 Å². The summed E-state index contributed by atoms with van der Waals surface area (Å²) in [4.78, 5) is 18.0. The quantitative estimate of drug-likeness (QED) is 0.486. The summed E-state index contributed by atoms with van der Waals surface area (Å²) in [7, 11) is 1.61. The van der Waals surface area contributed by atoms with Gasteiger partial charge in [-0.15, -0.1) is 11.3 Å². The standard InChI is InChI=1S/C21H17FN2O3S/c1-26-16-6-8-17(9-7-16)27-11-10-24-13-23-18-12-19(28-20(18)21(24)25)14-2-4-15(22)5-3-14/h2-9,12-13H,10-11H2,1H3. The van der Waals surface area contributed by atoms with Crippen molar-refractivity contribution >= 4 is 21.6 Å². The van der Waals surface area contributed by atoms with Gasteiger partial charge in [0, 0.05) is 4.88 Å². The van der Waals surface area contributed by atoms with E-state index in [0.717, 1.165) is 16.2 Å². The zero-order valence-corrected chi connectivity index (χ0v) is 15.9. The van der Waals surface area contributed by atoms with Crippen LogP contribution < -0.4 is 15.0 Å². The average Bonchev–Trinajstić information content (AvgIpc) is 3.16. The minimum absolute atomic E-state index is 0.110. The number of hydrogen-bond donors (Lipinski definition) is 0. The Morgan fingerprint density at radius 1 is 1.07 bits per heavy atom. The number of methoxy groups -OCH3 is 1. The molecule has 0 aliphatic carbocycles. The minimum Gasteiger partial charge on any atom is -0.497 e. The first kappa shape index (κ1) is 18.2. The van der Waals surface area contributed by atoms with Gasteiger partial charge in [-0.3, -0.25) is 9.36 Å². The lowest BCUT2D eigenvalue weighted by Gasteiger charge is -2.08. The van der Waals surface area contributed by atoms with E-state index in [1.54, 1.807) is 19.2 Å². The maximum atomic E-state index is 13.1. The highest BCUT2D eigenvalue weighted by Gasteiger charge is 2.11. The van der Waals surface area contributed by atoms with Crippen molar-refractivity contribution in [3.8, 4) is 21.9 Å². The van der Waals surface area contributed by atoms with E-state index in [4.69, 9.17) is 9.47 Å². The number of aromatic nitrogens is 2. The van der Waals surface area contributed by atoms with E-state index in [-0.39, 0.29) is 11.4 Å². The van der Waals surface area contributed by atoms with Crippen LogP contribution in [0.4, 0.5) is 4.39 Å². The molecule has 0 saturated carbocycles. The molecule has 2 aromatic carbocycles. The van der Waals surface area contributed by atoms with Crippen molar-refractivity contribution in [3.63, 3.8) is 0 Å². The highest BCUT2D eigenvalue weighted by molar-refractivity contribution is 7.22. The van der Waals surface area contributed by atoms with Gasteiger partial charge in [-0.05, 0) is 48.0 Å². The van der Waals surface area contributed by atoms with Crippen LogP contribution in [0.15, 0.2) is 65.7 Å². The van der Waals surface area contributed by atoms with E-state index in [0.29, 0.717) is 29.1 Å². The van der Waals surface area contributed by atoms with Gasteiger partial charge in [-0.1, -0.05) is 12.1 Å². The second kappa shape index (κ2) is 7.82. The van der Waals surface area contributed by atoms with Crippen molar-refractivity contribution in [1.29, 1.82) is 0 Å². The third-order valence-corrected chi connectivity index (χ3v) is 5.45. The van der Waals surface area contributed by atoms with Gasteiger partial charge in [0.2, 0.25) is 0 Å². The van der Waals surface area contributed by atoms with Gasteiger partial charge in [0.1, 0.15) is 28.6 Å². The van der Waals surface area contributed by atoms with Gasteiger partial charge in [0.05, 0.1) is 25.5 Å². The third-order valence-electron chi connectivity index (χ3n) is 4.29. The molecule has 0 N–H and O–H groups in total. The molecular weight excluding hydrogens is 379 g/mol. The van der Waals surface area contributed by atoms with Crippen LogP contribution in [0.5, 0.6) is 11.5 Å². The van der Waals surface area contributed by atoms with Crippen LogP contribution in [0.3, 0.4) is 0 Å². The fraction of sp³-hybridized carbons (Fsp3) is 0.143. The second-order valence-electron chi connectivity index (χ2n) is 6.10. The molecule has 0 radical (unpaired) electrons. The molecule has 0 spiro atoms. The molecule has 28 heavy (non-hydrogen) atoms. The number of halogens is 1. The van der Waals surface area contributed by atoms with Crippen molar-refractivity contribution in [3.05, 3.63) is 77.1 Å². The summed E-state index contributed by atoms with van der Waals surface area (Å²) in [6.07, 6.45) is 1.53. The molecule has 0 fully saturated rings. The fourth-order valence-corrected chi connectivity index (χ4v) is 3.86. The Labute approximate surface area is 164 Å². The summed E-state index contributed by atoms with van der Waals surface area (Å²) in [6.45, 7) is 0.729. The minimum atomic E-state index is -0.290. The summed E-state index contributed by atoms with van der Waals surface area (Å²) in [6, 6.07) is 15.3. The molecule has 2 heterocycles. The van der Waals surface area contributed by atoms with Crippen LogP contribution in [0, 0.1) is 5.82 Å². The van der Waals surface area contributed by atoms with Crippen LogP contribution in [-0.4, -0.2) is 23.3 Å². The molecule has 0 atom stereocenters. The van der Waals surface area contributed by atoms with Crippen molar-refractivity contribution < 1.29 is 13.9 Å². The SMILES string of the molecule is COc1ccc(OCCn2cnc3cc(-c4ccc(F)cc4)sc3c2=O)cc1. The molecule has 0 aliphatic rings. The molecule has 0 aliphatic heterocycles. The van der Waals surface area contributed by atoms with Crippen molar-refractivity contribution in [1.82, 2.24) is 9.55 Å². The van der Waals surface area contributed by atoms with E-state index < -0.39 is 0 Å². The summed E-state index contributed by atoms with van der Waals surface area (Å²) >= 11 is 1.36. The Kier molecular flexibility index (Phi) is 5.08. The fourth-order valence-electron chi connectivity index (χ4n) is 2.79. The smallest absolute Gasteiger partial charge is 0.271 e. The highest BCUT2D eigenvalue weighted by atomic mass is 32.1. The largest absolute Gasteiger partial charge is 0.497 e. The van der Waals surface area contributed by atoms with Gasteiger partial charge in [-0.2, -0.15) is 0 Å². The van der Waals surface area contributed by atoms with Gasteiger partial charge in [0.25, 0.3) is 5.56 Å². The second-order valence-corrected chi connectivity index (χ2v) is 7.15. The van der Waals surface area contributed by atoms with Crippen molar-refractivity contribution in [2.75, 3.05) is 13.7 Å². The molecule has 4 aromatic rings. The Hall–Kier alpha value is -3.19. The van der Waals surface area contributed by atoms with Crippen LogP contribution >= 0.6 is 11.3 Å². The van der Waals surface area contributed by atoms with Crippen LogP contribution in [-0.2, 0) is 6.54 Å². The van der Waals surface area contributed by atoms with Crippen molar-refractivity contribution in [2.24, 2.45) is 0 Å². The zero-order chi connectivity index (χ0) is 19.5. The summed E-state index contributed by atoms with van der Waals surface area (Å²) in [5.74, 6) is 1.17. The summed E-state index contributed by atoms with van der Waals surface area (Å²) in [5, 5.41) is 0. The van der Waals surface area contributed by atoms with E-state index in [1.807, 2.05) is 30.3 Å². The molecule has 0 saturated heterocycles. The van der Waals surface area contributed by atoms with E-state index in [2.05, 4.69) is 4.98 Å². The number of hydrogen-bond acceptors (Lipinski definition) is 5. The molecule has 0 unspecified atom stereocenters. The number of thiophene rings is 1. The third kappa shape index (κ3) is 3.75. The predicted octanol–water partition coefficient (Wildman–Crippen LogP) is 4.35. The van der Waals surface area contributed by atoms with Gasteiger partial charge in [-0.25, -0.2) is 9.37 Å². The van der Waals surface area contributed by atoms with Gasteiger partial charge >= 0.3 is 0 Å². The summed E-state index contributed by atoms with van der Waals surface area (Å²) < 4.78 is 26.0. The Morgan fingerprint density at radius 2 is 1.79 bits per heavy atom. The first-order chi connectivity index (χ1) is 13.6. The summed E-state index contributed by atoms with van der Waals surface area (Å²) in [5.41, 5.74) is 1.39. The maximum Gasteiger partial charge on any atom is 0.271 e. The Balaban J connectivity index is 1.50. The number of nitrogens with zero attached hydrogens (tertiary/aromatic N) is 2. The number of benzene rings is 2. The first-order valence-electron chi connectivity index (χ1n) is 8.66.